The van der Waals surface area contributed by atoms with Crippen LogP contribution in [0.1, 0.15) is 36.5 Å². The van der Waals surface area contributed by atoms with E-state index in [2.05, 4.69) is 29.6 Å². The van der Waals surface area contributed by atoms with Crippen LogP contribution in [0, 0.1) is 5.82 Å². The number of nitrogens with one attached hydrogen (secondary N) is 1. The van der Waals surface area contributed by atoms with Crippen LogP contribution in [-0.2, 0) is 11.2 Å². The molecule has 2 atom stereocenters. The van der Waals surface area contributed by atoms with Crippen LogP contribution < -0.4 is 10.1 Å². The summed E-state index contributed by atoms with van der Waals surface area (Å²) in [7, 11) is 1.61. The number of benzene rings is 2. The lowest BCUT2D eigenvalue weighted by molar-refractivity contribution is 0.0388. The molecule has 3 nitrogen and oxygen atoms in total. The Morgan fingerprint density at radius 1 is 1.12 bits per heavy atom. The van der Waals surface area contributed by atoms with E-state index in [1.807, 2.05) is 6.07 Å². The molecule has 134 valence electrons. The molecular formula is C21H26FNO2. The normalized spacial score (nSPS) is 19.9. The minimum absolute atomic E-state index is 0.0695. The van der Waals surface area contributed by atoms with Gasteiger partial charge in [0.2, 0.25) is 0 Å². The molecule has 1 aliphatic rings. The van der Waals surface area contributed by atoms with E-state index in [9.17, 15) is 4.39 Å². The third-order valence-electron chi connectivity index (χ3n) is 4.72. The van der Waals surface area contributed by atoms with Crippen LogP contribution in [0.3, 0.4) is 0 Å². The van der Waals surface area contributed by atoms with Crippen molar-refractivity contribution in [1.29, 1.82) is 0 Å². The van der Waals surface area contributed by atoms with E-state index in [0.717, 1.165) is 44.3 Å². The summed E-state index contributed by atoms with van der Waals surface area (Å²) in [6, 6.07) is 15.1. The zero-order chi connectivity index (χ0) is 17.5. The lowest BCUT2D eigenvalue weighted by Gasteiger charge is -2.17. The summed E-state index contributed by atoms with van der Waals surface area (Å²) < 4.78 is 25.0. The van der Waals surface area contributed by atoms with E-state index < -0.39 is 0 Å². The van der Waals surface area contributed by atoms with Crippen molar-refractivity contribution in [3.8, 4) is 5.75 Å². The zero-order valence-corrected chi connectivity index (χ0v) is 14.7. The molecule has 1 fully saturated rings. The van der Waals surface area contributed by atoms with Crippen LogP contribution in [0.2, 0.25) is 0 Å². The molecule has 0 aromatic heterocycles. The highest BCUT2D eigenvalue weighted by Crippen LogP contribution is 2.38. The van der Waals surface area contributed by atoms with Crippen LogP contribution in [0.15, 0.2) is 48.5 Å². The molecule has 2 unspecified atom stereocenters. The predicted molar refractivity (Wildman–Crippen MR) is 97.4 cm³/mol. The summed E-state index contributed by atoms with van der Waals surface area (Å²) in [4.78, 5) is 0. The number of hydrogen-bond acceptors (Lipinski definition) is 3. The van der Waals surface area contributed by atoms with Gasteiger partial charge in [-0.3, -0.25) is 0 Å². The summed E-state index contributed by atoms with van der Waals surface area (Å²) in [6.07, 6.45) is 4.08. The fraction of sp³-hybridized carbons (Fsp3) is 0.429. The van der Waals surface area contributed by atoms with Gasteiger partial charge in [-0.2, -0.15) is 0 Å². The van der Waals surface area contributed by atoms with Gasteiger partial charge in [0.1, 0.15) is 11.6 Å². The van der Waals surface area contributed by atoms with Gasteiger partial charge in [0.15, 0.2) is 0 Å². The van der Waals surface area contributed by atoms with Crippen molar-refractivity contribution in [2.24, 2.45) is 0 Å². The molecule has 0 radical (unpaired) electrons. The minimum Gasteiger partial charge on any atom is -0.496 e. The Kier molecular flexibility index (Phi) is 6.42. The molecular weight excluding hydrogens is 317 g/mol. The van der Waals surface area contributed by atoms with Gasteiger partial charge in [-0.05, 0) is 62.5 Å². The van der Waals surface area contributed by atoms with E-state index in [1.165, 1.54) is 17.7 Å². The quantitative estimate of drug-likeness (QED) is 0.726. The van der Waals surface area contributed by atoms with Gasteiger partial charge in [0.05, 0.1) is 19.3 Å². The van der Waals surface area contributed by atoms with Crippen molar-refractivity contribution in [3.63, 3.8) is 0 Å². The van der Waals surface area contributed by atoms with Crippen LogP contribution >= 0.6 is 0 Å². The van der Waals surface area contributed by atoms with E-state index >= 15 is 0 Å². The second-order valence-electron chi connectivity index (χ2n) is 6.48. The third-order valence-corrected chi connectivity index (χ3v) is 4.72. The highest BCUT2D eigenvalue weighted by atomic mass is 19.1. The average molecular weight is 343 g/mol. The monoisotopic (exact) mass is 343 g/mol. The topological polar surface area (TPSA) is 30.5 Å². The van der Waals surface area contributed by atoms with Gasteiger partial charge in [-0.15, -0.1) is 0 Å². The number of methoxy groups -OCH3 is 1. The van der Waals surface area contributed by atoms with Gasteiger partial charge < -0.3 is 14.8 Å². The maximum atomic E-state index is 13.5. The van der Waals surface area contributed by atoms with Crippen LogP contribution in [0.5, 0.6) is 5.75 Å². The second kappa shape index (κ2) is 8.97. The van der Waals surface area contributed by atoms with Gasteiger partial charge in [0, 0.05) is 5.56 Å². The Bertz CT molecular complexity index is 662. The van der Waals surface area contributed by atoms with Crippen molar-refractivity contribution in [2.75, 3.05) is 20.2 Å². The first-order valence-electron chi connectivity index (χ1n) is 9.00. The van der Waals surface area contributed by atoms with Crippen molar-refractivity contribution in [3.05, 3.63) is 65.5 Å². The van der Waals surface area contributed by atoms with Crippen molar-refractivity contribution < 1.29 is 13.9 Å². The van der Waals surface area contributed by atoms with Gasteiger partial charge in [-0.25, -0.2) is 4.39 Å². The Morgan fingerprint density at radius 2 is 1.96 bits per heavy atom. The molecule has 1 aliphatic heterocycles. The van der Waals surface area contributed by atoms with Gasteiger partial charge >= 0.3 is 0 Å². The minimum atomic E-state index is -0.245. The average Bonchev–Trinajstić information content (AvgIpc) is 3.11. The molecule has 0 bridgehead atoms. The summed E-state index contributed by atoms with van der Waals surface area (Å²) >= 11 is 0. The fourth-order valence-corrected chi connectivity index (χ4v) is 3.37. The van der Waals surface area contributed by atoms with Crippen LogP contribution in [-0.4, -0.2) is 26.3 Å². The SMILES string of the molecule is COc1ccc(F)cc1C1CCC(CCNCCc2ccccc2)O1. The maximum absolute atomic E-state index is 13.5. The first-order valence-corrected chi connectivity index (χ1v) is 9.00. The summed E-state index contributed by atoms with van der Waals surface area (Å²) in [6.45, 7) is 1.91. The van der Waals surface area contributed by atoms with Crippen LogP contribution in [0.4, 0.5) is 4.39 Å². The molecule has 2 aromatic carbocycles. The summed E-state index contributed by atoms with van der Waals surface area (Å²) in [5.41, 5.74) is 2.17. The predicted octanol–water partition coefficient (Wildman–Crippen LogP) is 4.28. The second-order valence-corrected chi connectivity index (χ2v) is 6.48. The fourth-order valence-electron chi connectivity index (χ4n) is 3.37. The first-order chi connectivity index (χ1) is 12.3. The molecule has 0 spiro atoms. The molecule has 2 aromatic rings. The Hall–Kier alpha value is -1.91. The Labute approximate surface area is 149 Å². The smallest absolute Gasteiger partial charge is 0.124 e. The Morgan fingerprint density at radius 3 is 2.76 bits per heavy atom. The largest absolute Gasteiger partial charge is 0.496 e. The highest BCUT2D eigenvalue weighted by Gasteiger charge is 2.28. The highest BCUT2D eigenvalue weighted by molar-refractivity contribution is 5.36. The van der Waals surface area contributed by atoms with Crippen molar-refractivity contribution >= 4 is 0 Å². The van der Waals surface area contributed by atoms with E-state index in [1.54, 1.807) is 13.2 Å². The third kappa shape index (κ3) is 5.03. The standard InChI is InChI=1S/C21H26FNO2/c1-24-20-9-7-17(22)15-19(20)21-10-8-18(25-21)12-14-23-13-11-16-5-3-2-4-6-16/h2-7,9,15,18,21,23H,8,10-14H2,1H3. The molecule has 4 heteroatoms. The first kappa shape index (κ1) is 17.9. The van der Waals surface area contributed by atoms with Gasteiger partial charge in [-0.1, -0.05) is 30.3 Å². The molecule has 1 heterocycles. The maximum Gasteiger partial charge on any atom is 0.124 e. The molecule has 1 N–H and O–H groups in total. The number of hydrogen-bond donors (Lipinski definition) is 1. The lowest BCUT2D eigenvalue weighted by atomic mass is 10.0. The molecule has 1 saturated heterocycles. The van der Waals surface area contributed by atoms with E-state index in [0.29, 0.717) is 5.75 Å². The number of halogens is 1. The van der Waals surface area contributed by atoms with Gasteiger partial charge in [0.25, 0.3) is 0 Å². The summed E-state index contributed by atoms with van der Waals surface area (Å²) in [5, 5.41) is 3.48. The lowest BCUT2D eigenvalue weighted by Crippen LogP contribution is -2.22. The van der Waals surface area contributed by atoms with Crippen LogP contribution in [0.25, 0.3) is 0 Å². The number of rotatable bonds is 8. The zero-order valence-electron chi connectivity index (χ0n) is 14.7. The molecule has 0 saturated carbocycles. The molecule has 0 amide bonds. The molecule has 25 heavy (non-hydrogen) atoms. The van der Waals surface area contributed by atoms with E-state index in [4.69, 9.17) is 9.47 Å². The van der Waals surface area contributed by atoms with E-state index in [-0.39, 0.29) is 18.0 Å². The van der Waals surface area contributed by atoms with Crippen molar-refractivity contribution in [1.82, 2.24) is 5.32 Å². The summed E-state index contributed by atoms with van der Waals surface area (Å²) in [5.74, 6) is 0.457. The Balaban J connectivity index is 1.40. The molecule has 0 aliphatic carbocycles. The number of ether oxygens (including phenoxy) is 2. The molecule has 3 rings (SSSR count). The van der Waals surface area contributed by atoms with Crippen molar-refractivity contribution in [2.45, 2.75) is 37.9 Å².